The Bertz CT molecular complexity index is 203. The first-order chi connectivity index (χ1) is 5.11. The Kier molecular flexibility index (Phi) is 2.38. The van der Waals surface area contributed by atoms with E-state index in [9.17, 15) is 10.1 Å². The zero-order valence-electron chi connectivity index (χ0n) is 6.48. The molecule has 0 atom stereocenters. The van der Waals surface area contributed by atoms with Gasteiger partial charge in [0.15, 0.2) is 0 Å². The quantitative estimate of drug-likeness (QED) is 0.470. The van der Waals surface area contributed by atoms with E-state index in [0.717, 1.165) is 17.1 Å². The van der Waals surface area contributed by atoms with Crippen molar-refractivity contribution in [1.29, 1.82) is 0 Å². The summed E-state index contributed by atoms with van der Waals surface area (Å²) in [4.78, 5) is 11.6. The molecule has 1 rings (SSSR count). The molecule has 1 heterocycles. The molecule has 0 aliphatic carbocycles. The van der Waals surface area contributed by atoms with Crippen LogP contribution in [0, 0.1) is 10.1 Å². The first-order valence-corrected chi connectivity index (χ1v) is 4.34. The molecule has 0 saturated carbocycles. The van der Waals surface area contributed by atoms with Gasteiger partial charge in [0.05, 0.1) is 10.8 Å². The van der Waals surface area contributed by atoms with Crippen molar-refractivity contribution in [2.24, 2.45) is 0 Å². The SMILES string of the molecule is CC(C)N1CS/C1=C/[N+](=O)[O-]. The molecule has 0 aromatic carbocycles. The average Bonchev–Trinajstić information content (AvgIpc) is 1.78. The van der Waals surface area contributed by atoms with Crippen LogP contribution in [0.15, 0.2) is 11.2 Å². The molecule has 0 spiro atoms. The smallest absolute Gasteiger partial charge is 0.264 e. The van der Waals surface area contributed by atoms with Crippen molar-refractivity contribution in [3.8, 4) is 0 Å². The molecule has 5 heteroatoms. The van der Waals surface area contributed by atoms with Crippen molar-refractivity contribution in [3.63, 3.8) is 0 Å². The fourth-order valence-electron chi connectivity index (χ4n) is 0.819. The van der Waals surface area contributed by atoms with Gasteiger partial charge in [-0.3, -0.25) is 10.1 Å². The fourth-order valence-corrected chi connectivity index (χ4v) is 1.92. The zero-order valence-corrected chi connectivity index (χ0v) is 7.30. The van der Waals surface area contributed by atoms with Gasteiger partial charge in [0.2, 0.25) is 0 Å². The monoisotopic (exact) mass is 174 g/mol. The van der Waals surface area contributed by atoms with E-state index in [2.05, 4.69) is 0 Å². The Morgan fingerprint density at radius 3 is 2.73 bits per heavy atom. The molecule has 1 aliphatic rings. The fraction of sp³-hybridized carbons (Fsp3) is 0.667. The number of rotatable bonds is 2. The van der Waals surface area contributed by atoms with Crippen molar-refractivity contribution < 1.29 is 4.92 Å². The number of nitro groups is 1. The third kappa shape index (κ3) is 1.86. The Hall–Kier alpha value is -0.710. The second-order valence-corrected chi connectivity index (χ2v) is 3.55. The van der Waals surface area contributed by atoms with Gasteiger partial charge >= 0.3 is 0 Å². The van der Waals surface area contributed by atoms with Gasteiger partial charge in [0.25, 0.3) is 6.20 Å². The van der Waals surface area contributed by atoms with Crippen molar-refractivity contribution in [3.05, 3.63) is 21.3 Å². The molecule has 0 aromatic rings. The lowest BCUT2D eigenvalue weighted by atomic mass is 10.4. The second kappa shape index (κ2) is 3.13. The predicted octanol–water partition coefficient (Wildman–Crippen LogP) is 1.48. The van der Waals surface area contributed by atoms with Crippen molar-refractivity contribution >= 4 is 11.8 Å². The molecule has 1 fully saturated rings. The van der Waals surface area contributed by atoms with Gasteiger partial charge in [-0.2, -0.15) is 0 Å². The molecule has 0 unspecified atom stereocenters. The Balaban J connectivity index is 2.55. The largest absolute Gasteiger partial charge is 0.349 e. The molecular weight excluding hydrogens is 164 g/mol. The van der Waals surface area contributed by atoms with Gasteiger partial charge < -0.3 is 4.90 Å². The van der Waals surface area contributed by atoms with E-state index in [4.69, 9.17) is 0 Å². The highest BCUT2D eigenvalue weighted by atomic mass is 32.2. The Morgan fingerprint density at radius 2 is 2.45 bits per heavy atom. The molecule has 0 aromatic heterocycles. The summed E-state index contributed by atoms with van der Waals surface area (Å²) in [6.07, 6.45) is 1.06. The van der Waals surface area contributed by atoms with Crippen LogP contribution in [0.1, 0.15) is 13.8 Å². The van der Waals surface area contributed by atoms with Crippen LogP contribution in [0.5, 0.6) is 0 Å². The van der Waals surface area contributed by atoms with E-state index < -0.39 is 4.92 Å². The third-order valence-corrected chi connectivity index (χ3v) is 2.52. The highest BCUT2D eigenvalue weighted by molar-refractivity contribution is 8.04. The summed E-state index contributed by atoms with van der Waals surface area (Å²) in [5.41, 5.74) is 0. The highest BCUT2D eigenvalue weighted by Gasteiger charge is 2.25. The van der Waals surface area contributed by atoms with Crippen LogP contribution in [0.25, 0.3) is 0 Å². The molecule has 62 valence electrons. The summed E-state index contributed by atoms with van der Waals surface area (Å²) in [5.74, 6) is 0.872. The molecular formula is C6H10N2O2S. The van der Waals surface area contributed by atoms with Crippen LogP contribution in [-0.4, -0.2) is 21.7 Å². The van der Waals surface area contributed by atoms with Gasteiger partial charge in [-0.15, -0.1) is 0 Å². The van der Waals surface area contributed by atoms with E-state index in [1.54, 1.807) is 0 Å². The minimum atomic E-state index is -0.406. The third-order valence-electron chi connectivity index (χ3n) is 1.47. The van der Waals surface area contributed by atoms with Gasteiger partial charge in [0, 0.05) is 6.04 Å². The second-order valence-electron chi connectivity index (χ2n) is 2.59. The normalized spacial score (nSPS) is 20.6. The molecule has 1 saturated heterocycles. The maximum atomic E-state index is 10.1. The maximum absolute atomic E-state index is 10.1. The van der Waals surface area contributed by atoms with E-state index >= 15 is 0 Å². The van der Waals surface area contributed by atoms with Crippen LogP contribution in [0.4, 0.5) is 0 Å². The number of hydrogen-bond acceptors (Lipinski definition) is 4. The lowest BCUT2D eigenvalue weighted by Crippen LogP contribution is -2.36. The summed E-state index contributed by atoms with van der Waals surface area (Å²) in [7, 11) is 0. The van der Waals surface area contributed by atoms with Crippen molar-refractivity contribution in [2.75, 3.05) is 5.88 Å². The average molecular weight is 174 g/mol. The number of thioether (sulfide) groups is 1. The Labute approximate surface area is 69.4 Å². The molecule has 0 N–H and O–H groups in total. The first-order valence-electron chi connectivity index (χ1n) is 3.36. The summed E-state index contributed by atoms with van der Waals surface area (Å²) < 4.78 is 0. The van der Waals surface area contributed by atoms with E-state index in [1.165, 1.54) is 11.8 Å². The Morgan fingerprint density at radius 1 is 1.82 bits per heavy atom. The number of hydrogen-bond donors (Lipinski definition) is 0. The van der Waals surface area contributed by atoms with Gasteiger partial charge in [0.1, 0.15) is 5.03 Å². The van der Waals surface area contributed by atoms with Crippen LogP contribution in [0.2, 0.25) is 0 Å². The van der Waals surface area contributed by atoms with E-state index in [-0.39, 0.29) is 0 Å². The van der Waals surface area contributed by atoms with Gasteiger partial charge in [-0.05, 0) is 13.8 Å². The van der Waals surface area contributed by atoms with E-state index in [0.29, 0.717) is 6.04 Å². The molecule has 0 bridgehead atoms. The van der Waals surface area contributed by atoms with Crippen molar-refractivity contribution in [1.82, 2.24) is 4.90 Å². The molecule has 11 heavy (non-hydrogen) atoms. The predicted molar refractivity (Wildman–Crippen MR) is 44.5 cm³/mol. The standard InChI is InChI=1S/C6H10N2O2S/c1-5(2)7-4-11-6(7)3-8(9)10/h3,5H,4H2,1-2H3/b6-3+. The summed E-state index contributed by atoms with van der Waals surface area (Å²) in [6.45, 7) is 4.04. The first kappa shape index (κ1) is 8.39. The van der Waals surface area contributed by atoms with E-state index in [1.807, 2.05) is 18.7 Å². The minimum absolute atomic E-state index is 0.363. The summed E-state index contributed by atoms with van der Waals surface area (Å²) >= 11 is 1.52. The highest BCUT2D eigenvalue weighted by Crippen LogP contribution is 2.34. The van der Waals surface area contributed by atoms with Gasteiger partial charge in [-0.25, -0.2) is 0 Å². The zero-order chi connectivity index (χ0) is 8.43. The van der Waals surface area contributed by atoms with Crippen LogP contribution < -0.4 is 0 Å². The summed E-state index contributed by atoms with van der Waals surface area (Å²) in [6, 6.07) is 0.363. The molecule has 0 radical (unpaired) electrons. The maximum Gasteiger partial charge on any atom is 0.264 e. The summed E-state index contributed by atoms with van der Waals surface area (Å²) in [5, 5.41) is 10.8. The minimum Gasteiger partial charge on any atom is -0.349 e. The molecule has 4 nitrogen and oxygen atoms in total. The van der Waals surface area contributed by atoms with Crippen molar-refractivity contribution in [2.45, 2.75) is 19.9 Å². The lowest BCUT2D eigenvalue weighted by Gasteiger charge is -2.36. The van der Waals surface area contributed by atoms with Gasteiger partial charge in [-0.1, -0.05) is 11.8 Å². The number of nitrogens with zero attached hydrogens (tertiary/aromatic N) is 2. The molecule has 0 amide bonds. The van der Waals surface area contributed by atoms with Crippen LogP contribution in [-0.2, 0) is 0 Å². The molecule has 1 aliphatic heterocycles. The topological polar surface area (TPSA) is 46.4 Å². The van der Waals surface area contributed by atoms with Crippen LogP contribution >= 0.6 is 11.8 Å². The van der Waals surface area contributed by atoms with Crippen LogP contribution in [0.3, 0.4) is 0 Å². The lowest BCUT2D eigenvalue weighted by molar-refractivity contribution is -0.403.